The second-order valence-electron chi connectivity index (χ2n) is 5.39. The van der Waals surface area contributed by atoms with Crippen LogP contribution < -0.4 is 5.32 Å². The molecule has 0 saturated heterocycles. The number of hydrogen-bond donors (Lipinski definition) is 2. The molecule has 2 aliphatic rings. The lowest BCUT2D eigenvalue weighted by Gasteiger charge is -2.27. The molecule has 2 bridgehead atoms. The Morgan fingerprint density at radius 3 is 2.25 bits per heavy atom. The second-order valence-corrected chi connectivity index (χ2v) is 5.39. The molecule has 4 nitrogen and oxygen atoms in total. The van der Waals surface area contributed by atoms with Gasteiger partial charge in [0.15, 0.2) is 0 Å². The van der Waals surface area contributed by atoms with Crippen molar-refractivity contribution in [3.05, 3.63) is 0 Å². The highest BCUT2D eigenvalue weighted by Gasteiger charge is 2.53. The second kappa shape index (κ2) is 4.07. The van der Waals surface area contributed by atoms with Gasteiger partial charge in [0, 0.05) is 6.04 Å². The number of aliphatic carboxylic acids is 1. The van der Waals surface area contributed by atoms with Crippen LogP contribution in [0.4, 0.5) is 0 Å². The highest BCUT2D eigenvalue weighted by Crippen LogP contribution is 2.52. The number of carbonyl (C=O) groups is 2. The molecule has 4 atom stereocenters. The van der Waals surface area contributed by atoms with E-state index in [2.05, 4.69) is 5.32 Å². The number of carboxylic acids is 1. The van der Waals surface area contributed by atoms with Gasteiger partial charge in [-0.3, -0.25) is 9.59 Å². The van der Waals surface area contributed by atoms with Crippen molar-refractivity contribution in [2.45, 2.75) is 39.2 Å². The van der Waals surface area contributed by atoms with E-state index in [0.717, 1.165) is 19.3 Å². The average molecular weight is 225 g/mol. The summed E-state index contributed by atoms with van der Waals surface area (Å²) in [5.74, 6) is -1.07. The van der Waals surface area contributed by atoms with E-state index in [-0.39, 0.29) is 23.8 Å². The van der Waals surface area contributed by atoms with Gasteiger partial charge in [-0.2, -0.15) is 0 Å². The zero-order chi connectivity index (χ0) is 11.9. The van der Waals surface area contributed by atoms with E-state index in [9.17, 15) is 14.7 Å². The summed E-state index contributed by atoms with van der Waals surface area (Å²) in [5, 5.41) is 12.1. The SMILES string of the molecule is CC(C)NC(=O)[C@H]1[C@H]2CC[C@@H](C2)[C@@H]1C(=O)O. The summed E-state index contributed by atoms with van der Waals surface area (Å²) in [6.45, 7) is 3.81. The molecule has 0 heterocycles. The molecule has 0 aromatic rings. The Bertz CT molecular complexity index is 313. The molecule has 2 fully saturated rings. The molecule has 0 unspecified atom stereocenters. The van der Waals surface area contributed by atoms with Gasteiger partial charge in [0.25, 0.3) is 0 Å². The highest BCUT2D eigenvalue weighted by atomic mass is 16.4. The minimum absolute atomic E-state index is 0.0606. The summed E-state index contributed by atoms with van der Waals surface area (Å²) in [6, 6.07) is 0.0843. The van der Waals surface area contributed by atoms with Crippen LogP contribution in [0.1, 0.15) is 33.1 Å². The van der Waals surface area contributed by atoms with Gasteiger partial charge in [0.2, 0.25) is 5.91 Å². The number of carboxylic acid groups (broad SMARTS) is 1. The van der Waals surface area contributed by atoms with Crippen LogP contribution in [0.5, 0.6) is 0 Å². The number of hydrogen-bond acceptors (Lipinski definition) is 2. The largest absolute Gasteiger partial charge is 0.481 e. The van der Waals surface area contributed by atoms with E-state index in [0.29, 0.717) is 5.92 Å². The van der Waals surface area contributed by atoms with E-state index in [4.69, 9.17) is 0 Å². The van der Waals surface area contributed by atoms with E-state index < -0.39 is 11.9 Å². The Balaban J connectivity index is 2.12. The number of nitrogens with one attached hydrogen (secondary N) is 1. The number of fused-ring (bicyclic) bond motifs is 2. The third kappa shape index (κ3) is 1.81. The van der Waals surface area contributed by atoms with Crippen LogP contribution in [0.3, 0.4) is 0 Å². The van der Waals surface area contributed by atoms with Crippen LogP contribution in [-0.4, -0.2) is 23.0 Å². The van der Waals surface area contributed by atoms with Crippen molar-refractivity contribution in [2.75, 3.05) is 0 Å². The molecule has 90 valence electrons. The smallest absolute Gasteiger partial charge is 0.307 e. The van der Waals surface area contributed by atoms with Crippen molar-refractivity contribution in [1.82, 2.24) is 5.32 Å². The normalized spacial score (nSPS) is 36.7. The Labute approximate surface area is 95.4 Å². The third-order valence-corrected chi connectivity index (χ3v) is 3.94. The van der Waals surface area contributed by atoms with Crippen molar-refractivity contribution in [2.24, 2.45) is 23.7 Å². The van der Waals surface area contributed by atoms with Crippen molar-refractivity contribution < 1.29 is 14.7 Å². The van der Waals surface area contributed by atoms with Crippen molar-refractivity contribution in [1.29, 1.82) is 0 Å². The summed E-state index contributed by atoms with van der Waals surface area (Å²) < 4.78 is 0. The highest BCUT2D eigenvalue weighted by molar-refractivity contribution is 5.86. The van der Waals surface area contributed by atoms with Gasteiger partial charge in [0.1, 0.15) is 0 Å². The van der Waals surface area contributed by atoms with Crippen LogP contribution in [0, 0.1) is 23.7 Å². The molecule has 2 aliphatic carbocycles. The summed E-state index contributed by atoms with van der Waals surface area (Å²) in [4.78, 5) is 23.2. The summed E-state index contributed by atoms with van der Waals surface area (Å²) >= 11 is 0. The Morgan fingerprint density at radius 1 is 1.19 bits per heavy atom. The van der Waals surface area contributed by atoms with Gasteiger partial charge >= 0.3 is 5.97 Å². The minimum Gasteiger partial charge on any atom is -0.481 e. The molecule has 0 radical (unpaired) electrons. The first-order valence-electron chi connectivity index (χ1n) is 6.04. The summed E-state index contributed by atoms with van der Waals surface area (Å²) in [5.41, 5.74) is 0. The van der Waals surface area contributed by atoms with Crippen LogP contribution in [0.2, 0.25) is 0 Å². The molecule has 2 N–H and O–H groups in total. The maximum Gasteiger partial charge on any atom is 0.307 e. The molecule has 2 saturated carbocycles. The fraction of sp³-hybridized carbons (Fsp3) is 0.833. The van der Waals surface area contributed by atoms with Crippen LogP contribution in [0.15, 0.2) is 0 Å². The van der Waals surface area contributed by atoms with Crippen LogP contribution in [-0.2, 0) is 9.59 Å². The van der Waals surface area contributed by atoms with Gasteiger partial charge in [0.05, 0.1) is 11.8 Å². The summed E-state index contributed by atoms with van der Waals surface area (Å²) in [7, 11) is 0. The van der Waals surface area contributed by atoms with E-state index in [1.54, 1.807) is 0 Å². The lowest BCUT2D eigenvalue weighted by atomic mass is 9.78. The van der Waals surface area contributed by atoms with E-state index >= 15 is 0 Å². The monoisotopic (exact) mass is 225 g/mol. The molecular formula is C12H19NO3. The zero-order valence-electron chi connectivity index (χ0n) is 9.77. The Hall–Kier alpha value is -1.06. The third-order valence-electron chi connectivity index (χ3n) is 3.94. The molecule has 16 heavy (non-hydrogen) atoms. The molecule has 0 aromatic carbocycles. The van der Waals surface area contributed by atoms with Gasteiger partial charge in [-0.1, -0.05) is 0 Å². The van der Waals surface area contributed by atoms with Gasteiger partial charge < -0.3 is 10.4 Å². The number of carbonyl (C=O) groups excluding carboxylic acids is 1. The lowest BCUT2D eigenvalue weighted by Crippen LogP contribution is -2.43. The topological polar surface area (TPSA) is 66.4 Å². The summed E-state index contributed by atoms with van der Waals surface area (Å²) in [6.07, 6.45) is 2.92. The standard InChI is InChI=1S/C12H19NO3/c1-6(2)13-11(14)9-7-3-4-8(5-7)10(9)12(15)16/h6-10H,3-5H2,1-2H3,(H,13,14)(H,15,16)/t7-,8-,9-,10-/m0/s1. The first-order chi connectivity index (χ1) is 7.50. The first kappa shape index (κ1) is 11.4. The van der Waals surface area contributed by atoms with Crippen molar-refractivity contribution >= 4 is 11.9 Å². The quantitative estimate of drug-likeness (QED) is 0.759. The van der Waals surface area contributed by atoms with Crippen molar-refractivity contribution in [3.63, 3.8) is 0 Å². The van der Waals surface area contributed by atoms with Crippen LogP contribution >= 0.6 is 0 Å². The molecule has 2 rings (SSSR count). The molecule has 0 aliphatic heterocycles. The number of amides is 1. The maximum absolute atomic E-state index is 12.0. The Kier molecular flexibility index (Phi) is 2.91. The lowest BCUT2D eigenvalue weighted by molar-refractivity contribution is -0.149. The molecule has 0 aromatic heterocycles. The average Bonchev–Trinajstić information content (AvgIpc) is 2.74. The van der Waals surface area contributed by atoms with Crippen LogP contribution in [0.25, 0.3) is 0 Å². The van der Waals surface area contributed by atoms with Crippen molar-refractivity contribution in [3.8, 4) is 0 Å². The predicted octanol–water partition coefficient (Wildman–Crippen LogP) is 1.26. The molecule has 4 heteroatoms. The molecule has 0 spiro atoms. The zero-order valence-corrected chi connectivity index (χ0v) is 9.77. The fourth-order valence-electron chi connectivity index (χ4n) is 3.40. The minimum atomic E-state index is -0.795. The molecule has 1 amide bonds. The number of rotatable bonds is 3. The maximum atomic E-state index is 12.0. The van der Waals surface area contributed by atoms with Gasteiger partial charge in [-0.25, -0.2) is 0 Å². The first-order valence-corrected chi connectivity index (χ1v) is 6.04. The van der Waals surface area contributed by atoms with Gasteiger partial charge in [-0.05, 0) is 44.9 Å². The molecular weight excluding hydrogens is 206 g/mol. The van der Waals surface area contributed by atoms with E-state index in [1.165, 1.54) is 0 Å². The Morgan fingerprint density at radius 2 is 1.75 bits per heavy atom. The predicted molar refractivity (Wildman–Crippen MR) is 58.7 cm³/mol. The van der Waals surface area contributed by atoms with E-state index in [1.807, 2.05) is 13.8 Å². The fourth-order valence-corrected chi connectivity index (χ4v) is 3.40. The van der Waals surface area contributed by atoms with Gasteiger partial charge in [-0.15, -0.1) is 0 Å².